The van der Waals surface area contributed by atoms with Gasteiger partial charge in [-0.1, -0.05) is 0 Å². The molecule has 5 nitrogen and oxygen atoms in total. The number of amides is 1. The van der Waals surface area contributed by atoms with Crippen molar-refractivity contribution in [3.63, 3.8) is 0 Å². The summed E-state index contributed by atoms with van der Waals surface area (Å²) in [6, 6.07) is 1.48. The van der Waals surface area contributed by atoms with Gasteiger partial charge < -0.3 is 16.2 Å². The van der Waals surface area contributed by atoms with Crippen molar-refractivity contribution in [2.75, 3.05) is 0 Å². The predicted molar refractivity (Wildman–Crippen MR) is 61.1 cm³/mol. The molecule has 0 aliphatic heterocycles. The van der Waals surface area contributed by atoms with Crippen molar-refractivity contribution in [3.05, 3.63) is 24.0 Å². The molecule has 0 saturated carbocycles. The third-order valence-corrected chi connectivity index (χ3v) is 2.15. The number of carbonyl (C=O) groups excluding carboxylic acids is 1. The predicted octanol–water partition coefficient (Wildman–Crippen LogP) is 0.643. The summed E-state index contributed by atoms with van der Waals surface area (Å²) >= 11 is 0. The number of aromatic hydroxyl groups is 1. The molecule has 16 heavy (non-hydrogen) atoms. The molecule has 2 unspecified atom stereocenters. The highest BCUT2D eigenvalue weighted by molar-refractivity contribution is 5.96. The van der Waals surface area contributed by atoms with E-state index in [-0.39, 0.29) is 29.3 Å². The van der Waals surface area contributed by atoms with Crippen LogP contribution >= 0.6 is 0 Å². The van der Waals surface area contributed by atoms with Crippen molar-refractivity contribution in [2.45, 2.75) is 32.4 Å². The summed E-state index contributed by atoms with van der Waals surface area (Å²) in [4.78, 5) is 15.4. The van der Waals surface area contributed by atoms with Crippen molar-refractivity contribution in [1.29, 1.82) is 0 Å². The van der Waals surface area contributed by atoms with Gasteiger partial charge in [-0.25, -0.2) is 0 Å². The molecule has 0 aliphatic carbocycles. The fourth-order valence-electron chi connectivity index (χ4n) is 1.50. The van der Waals surface area contributed by atoms with Gasteiger partial charge in [0.25, 0.3) is 5.91 Å². The number of rotatable bonds is 4. The lowest BCUT2D eigenvalue weighted by Crippen LogP contribution is -2.36. The fourth-order valence-corrected chi connectivity index (χ4v) is 1.50. The summed E-state index contributed by atoms with van der Waals surface area (Å²) in [5.74, 6) is -0.430. The number of pyridine rings is 1. The molecular formula is C11H17N3O2. The van der Waals surface area contributed by atoms with E-state index in [0.717, 1.165) is 0 Å². The normalized spacial score (nSPS) is 14.2. The Labute approximate surface area is 94.7 Å². The van der Waals surface area contributed by atoms with Crippen LogP contribution in [0, 0.1) is 0 Å². The molecule has 5 heteroatoms. The second kappa shape index (κ2) is 5.46. The Morgan fingerprint density at radius 3 is 2.88 bits per heavy atom. The summed E-state index contributed by atoms with van der Waals surface area (Å²) < 4.78 is 0. The quantitative estimate of drug-likeness (QED) is 0.699. The Balaban J connectivity index is 2.63. The summed E-state index contributed by atoms with van der Waals surface area (Å²) in [6.45, 7) is 3.76. The highest BCUT2D eigenvalue weighted by Gasteiger charge is 2.14. The van der Waals surface area contributed by atoms with E-state index in [0.29, 0.717) is 6.42 Å². The van der Waals surface area contributed by atoms with E-state index in [2.05, 4.69) is 10.3 Å². The first-order chi connectivity index (χ1) is 7.50. The van der Waals surface area contributed by atoms with Crippen LogP contribution in [0.15, 0.2) is 18.5 Å². The number of aromatic nitrogens is 1. The van der Waals surface area contributed by atoms with Crippen LogP contribution in [-0.2, 0) is 0 Å². The van der Waals surface area contributed by atoms with E-state index in [4.69, 9.17) is 5.73 Å². The number of carbonyl (C=O) groups is 1. The van der Waals surface area contributed by atoms with Crippen LogP contribution in [0.2, 0.25) is 0 Å². The van der Waals surface area contributed by atoms with Gasteiger partial charge in [-0.2, -0.15) is 0 Å². The van der Waals surface area contributed by atoms with Gasteiger partial charge in [-0.05, 0) is 26.3 Å². The Kier molecular flexibility index (Phi) is 4.25. The molecule has 0 fully saturated rings. The molecular weight excluding hydrogens is 206 g/mol. The van der Waals surface area contributed by atoms with E-state index >= 15 is 0 Å². The average Bonchev–Trinajstić information content (AvgIpc) is 2.16. The van der Waals surface area contributed by atoms with Gasteiger partial charge in [0, 0.05) is 18.3 Å². The van der Waals surface area contributed by atoms with Gasteiger partial charge >= 0.3 is 0 Å². The summed E-state index contributed by atoms with van der Waals surface area (Å²) in [6.07, 6.45) is 3.40. The number of hydrogen-bond acceptors (Lipinski definition) is 4. The van der Waals surface area contributed by atoms with E-state index in [9.17, 15) is 9.90 Å². The monoisotopic (exact) mass is 223 g/mol. The van der Waals surface area contributed by atoms with Crippen molar-refractivity contribution in [1.82, 2.24) is 10.3 Å². The molecule has 0 spiro atoms. The summed E-state index contributed by atoms with van der Waals surface area (Å²) in [7, 11) is 0. The molecule has 0 aliphatic rings. The molecule has 1 aromatic rings. The number of nitrogens with one attached hydrogen (secondary N) is 1. The van der Waals surface area contributed by atoms with Crippen molar-refractivity contribution in [3.8, 4) is 5.75 Å². The number of hydrogen-bond donors (Lipinski definition) is 3. The molecule has 0 radical (unpaired) electrons. The number of nitrogens with two attached hydrogens (primary N) is 1. The second-order valence-corrected chi connectivity index (χ2v) is 3.98. The molecule has 1 amide bonds. The molecule has 2 atom stereocenters. The second-order valence-electron chi connectivity index (χ2n) is 3.98. The molecule has 0 aromatic carbocycles. The molecule has 0 bridgehead atoms. The first-order valence-corrected chi connectivity index (χ1v) is 5.20. The Bertz CT molecular complexity index is 366. The van der Waals surface area contributed by atoms with Crippen molar-refractivity contribution in [2.24, 2.45) is 5.73 Å². The zero-order valence-corrected chi connectivity index (χ0v) is 9.47. The fraction of sp³-hybridized carbons (Fsp3) is 0.455. The summed E-state index contributed by atoms with van der Waals surface area (Å²) in [5.41, 5.74) is 5.86. The highest BCUT2D eigenvalue weighted by Crippen LogP contribution is 2.13. The average molecular weight is 223 g/mol. The lowest BCUT2D eigenvalue weighted by Gasteiger charge is -2.16. The Hall–Kier alpha value is -1.62. The molecule has 1 rings (SSSR count). The van der Waals surface area contributed by atoms with Crippen molar-refractivity contribution >= 4 is 5.91 Å². The Morgan fingerprint density at radius 2 is 2.31 bits per heavy atom. The third kappa shape index (κ3) is 3.51. The van der Waals surface area contributed by atoms with Gasteiger partial charge in [0.2, 0.25) is 0 Å². The first kappa shape index (κ1) is 12.4. The topological polar surface area (TPSA) is 88.2 Å². The maximum atomic E-state index is 11.7. The molecule has 0 saturated heterocycles. The van der Waals surface area contributed by atoms with Gasteiger partial charge in [0.05, 0.1) is 11.8 Å². The molecule has 1 aromatic heterocycles. The van der Waals surface area contributed by atoms with Crippen LogP contribution in [0.3, 0.4) is 0 Å². The van der Waals surface area contributed by atoms with Crippen molar-refractivity contribution < 1.29 is 9.90 Å². The van der Waals surface area contributed by atoms with Crippen LogP contribution < -0.4 is 11.1 Å². The van der Waals surface area contributed by atoms with Gasteiger partial charge in [0.15, 0.2) is 0 Å². The standard InChI is InChI=1S/C11H17N3O2/c1-7(12)5-8(2)14-11(16)9-3-4-13-6-10(9)15/h3-4,6-8,15H,5,12H2,1-2H3,(H,14,16). The highest BCUT2D eigenvalue weighted by atomic mass is 16.3. The third-order valence-electron chi connectivity index (χ3n) is 2.15. The lowest BCUT2D eigenvalue weighted by atomic mass is 10.1. The van der Waals surface area contributed by atoms with Crippen LogP contribution in [0.5, 0.6) is 5.75 Å². The molecule has 88 valence electrons. The van der Waals surface area contributed by atoms with Gasteiger partial charge in [-0.15, -0.1) is 0 Å². The number of nitrogens with zero attached hydrogens (tertiary/aromatic N) is 1. The van der Waals surface area contributed by atoms with E-state index in [1.54, 1.807) is 0 Å². The zero-order chi connectivity index (χ0) is 12.1. The van der Waals surface area contributed by atoms with Crippen LogP contribution in [0.4, 0.5) is 0 Å². The SMILES string of the molecule is CC(N)CC(C)NC(=O)c1ccncc1O. The Morgan fingerprint density at radius 1 is 1.62 bits per heavy atom. The van der Waals surface area contributed by atoms with E-state index < -0.39 is 0 Å². The lowest BCUT2D eigenvalue weighted by molar-refractivity contribution is 0.0935. The van der Waals surface area contributed by atoms with Crippen LogP contribution in [0.1, 0.15) is 30.6 Å². The maximum Gasteiger partial charge on any atom is 0.255 e. The zero-order valence-electron chi connectivity index (χ0n) is 9.47. The van der Waals surface area contributed by atoms with E-state index in [1.165, 1.54) is 18.5 Å². The minimum Gasteiger partial charge on any atom is -0.505 e. The minimum absolute atomic E-state index is 0.0277. The smallest absolute Gasteiger partial charge is 0.255 e. The minimum atomic E-state index is -0.312. The largest absolute Gasteiger partial charge is 0.505 e. The summed E-state index contributed by atoms with van der Waals surface area (Å²) in [5, 5.41) is 12.2. The van der Waals surface area contributed by atoms with Crippen LogP contribution in [-0.4, -0.2) is 28.1 Å². The van der Waals surface area contributed by atoms with Crippen LogP contribution in [0.25, 0.3) is 0 Å². The molecule has 4 N–H and O–H groups in total. The van der Waals surface area contributed by atoms with Gasteiger partial charge in [0.1, 0.15) is 5.75 Å². The molecule has 1 heterocycles. The van der Waals surface area contributed by atoms with Gasteiger partial charge in [-0.3, -0.25) is 9.78 Å². The maximum absolute atomic E-state index is 11.7. The first-order valence-electron chi connectivity index (χ1n) is 5.20. The van der Waals surface area contributed by atoms with E-state index in [1.807, 2.05) is 13.8 Å².